The number of aromatic amines is 1. The molecule has 0 spiro atoms. The van der Waals surface area contributed by atoms with E-state index in [4.69, 9.17) is 9.73 Å². The third kappa shape index (κ3) is 4.41. The van der Waals surface area contributed by atoms with Gasteiger partial charge >= 0.3 is 5.97 Å². The van der Waals surface area contributed by atoms with Crippen LogP contribution in [0.3, 0.4) is 0 Å². The Balaban J connectivity index is 1.53. The number of nitrogens with one attached hydrogen (secondary N) is 1. The molecule has 7 heteroatoms. The van der Waals surface area contributed by atoms with E-state index < -0.39 is 5.25 Å². The minimum absolute atomic E-state index is 0.0495. The smallest absolute Gasteiger partial charge is 0.307 e. The number of rotatable bonds is 7. The Kier molecular flexibility index (Phi) is 6.18. The summed E-state index contributed by atoms with van der Waals surface area (Å²) >= 11 is 1.35. The van der Waals surface area contributed by atoms with Crippen LogP contribution in [-0.2, 0) is 27.3 Å². The molecule has 0 radical (unpaired) electrons. The summed E-state index contributed by atoms with van der Waals surface area (Å²) in [6.45, 7) is 1.00. The third-order valence-electron chi connectivity index (χ3n) is 5.12. The number of amidine groups is 1. The Morgan fingerprint density at radius 3 is 2.73 bits per heavy atom. The topological polar surface area (TPSA) is 74.8 Å². The van der Waals surface area contributed by atoms with Crippen molar-refractivity contribution in [1.29, 1.82) is 0 Å². The predicted molar refractivity (Wildman–Crippen MR) is 119 cm³/mol. The largest absolute Gasteiger partial charge is 0.469 e. The van der Waals surface area contributed by atoms with Gasteiger partial charge in [-0.3, -0.25) is 19.5 Å². The average molecular weight is 422 g/mol. The van der Waals surface area contributed by atoms with Gasteiger partial charge in [-0.1, -0.05) is 60.3 Å². The van der Waals surface area contributed by atoms with Gasteiger partial charge in [0.2, 0.25) is 5.91 Å². The fraction of sp³-hybridized carbons (Fsp3) is 0.261. The first-order valence-corrected chi connectivity index (χ1v) is 10.7. The van der Waals surface area contributed by atoms with Crippen LogP contribution in [0.25, 0.3) is 10.9 Å². The van der Waals surface area contributed by atoms with Crippen molar-refractivity contribution in [3.05, 3.63) is 71.9 Å². The highest BCUT2D eigenvalue weighted by molar-refractivity contribution is 8.15. The van der Waals surface area contributed by atoms with E-state index in [0.717, 1.165) is 22.0 Å². The molecular weight excluding hydrogens is 398 g/mol. The van der Waals surface area contributed by atoms with Gasteiger partial charge in [-0.25, -0.2) is 0 Å². The molecule has 1 amide bonds. The van der Waals surface area contributed by atoms with E-state index in [-0.39, 0.29) is 18.3 Å². The molecule has 1 aromatic heterocycles. The highest BCUT2D eigenvalue weighted by Gasteiger charge is 2.39. The highest BCUT2D eigenvalue weighted by Crippen LogP contribution is 2.31. The summed E-state index contributed by atoms with van der Waals surface area (Å²) in [5.74, 6) is -0.473. The van der Waals surface area contributed by atoms with Crippen molar-refractivity contribution in [3.63, 3.8) is 0 Å². The molecule has 6 nitrogen and oxygen atoms in total. The van der Waals surface area contributed by atoms with Gasteiger partial charge in [-0.15, -0.1) is 0 Å². The van der Waals surface area contributed by atoms with E-state index >= 15 is 0 Å². The minimum atomic E-state index is -0.491. The molecule has 0 saturated carbocycles. The maximum atomic E-state index is 13.0. The van der Waals surface area contributed by atoms with Crippen molar-refractivity contribution >= 4 is 39.7 Å². The molecule has 3 aromatic rings. The van der Waals surface area contributed by atoms with Crippen molar-refractivity contribution < 1.29 is 14.3 Å². The SMILES string of the molecule is COC(=O)CC1SC(=NCc2ccccc2)N(CCc2c[nH]c3ccccc23)C1=O. The fourth-order valence-electron chi connectivity index (χ4n) is 3.51. The molecule has 0 bridgehead atoms. The van der Waals surface area contributed by atoms with E-state index in [2.05, 4.69) is 11.1 Å². The van der Waals surface area contributed by atoms with Crippen molar-refractivity contribution in [2.45, 2.75) is 24.6 Å². The van der Waals surface area contributed by atoms with Crippen LogP contribution in [0, 0.1) is 0 Å². The lowest BCUT2D eigenvalue weighted by Gasteiger charge is -2.16. The number of carbonyl (C=O) groups is 2. The summed E-state index contributed by atoms with van der Waals surface area (Å²) in [4.78, 5) is 34.4. The Morgan fingerprint density at radius 2 is 1.93 bits per heavy atom. The van der Waals surface area contributed by atoms with Crippen LogP contribution in [0.4, 0.5) is 0 Å². The summed E-state index contributed by atoms with van der Waals surface area (Å²) < 4.78 is 4.76. The van der Waals surface area contributed by atoms with E-state index in [1.165, 1.54) is 18.9 Å². The molecule has 1 aliphatic rings. The number of carbonyl (C=O) groups excluding carboxylic acids is 2. The average Bonchev–Trinajstić information content (AvgIpc) is 3.32. The molecule has 1 aliphatic heterocycles. The van der Waals surface area contributed by atoms with Gasteiger partial charge in [0.05, 0.1) is 20.1 Å². The van der Waals surface area contributed by atoms with Crippen LogP contribution in [0.2, 0.25) is 0 Å². The predicted octanol–water partition coefficient (Wildman–Crippen LogP) is 3.77. The fourth-order valence-corrected chi connectivity index (χ4v) is 4.66. The quantitative estimate of drug-likeness (QED) is 0.589. The van der Waals surface area contributed by atoms with E-state index in [1.54, 1.807) is 4.90 Å². The highest BCUT2D eigenvalue weighted by atomic mass is 32.2. The number of amides is 1. The zero-order chi connectivity index (χ0) is 20.9. The van der Waals surface area contributed by atoms with Crippen LogP contribution < -0.4 is 0 Å². The number of fused-ring (bicyclic) bond motifs is 1. The maximum absolute atomic E-state index is 13.0. The Bertz CT molecular complexity index is 1080. The van der Waals surface area contributed by atoms with E-state index in [1.807, 2.05) is 54.7 Å². The van der Waals surface area contributed by atoms with Crippen LogP contribution in [0.5, 0.6) is 0 Å². The van der Waals surface area contributed by atoms with Gasteiger partial charge in [-0.2, -0.15) is 0 Å². The lowest BCUT2D eigenvalue weighted by Crippen LogP contribution is -2.34. The maximum Gasteiger partial charge on any atom is 0.307 e. The van der Waals surface area contributed by atoms with E-state index in [9.17, 15) is 9.59 Å². The molecule has 2 heterocycles. The first-order chi connectivity index (χ1) is 14.7. The first kappa shape index (κ1) is 20.2. The van der Waals surface area contributed by atoms with Crippen LogP contribution >= 0.6 is 11.8 Å². The number of aromatic nitrogens is 1. The normalized spacial score (nSPS) is 17.8. The summed E-state index contributed by atoms with van der Waals surface area (Å²) in [6.07, 6.45) is 2.74. The van der Waals surface area contributed by atoms with Gasteiger partial charge in [0.1, 0.15) is 5.25 Å². The number of H-pyrrole nitrogens is 1. The van der Waals surface area contributed by atoms with Crippen molar-refractivity contribution in [1.82, 2.24) is 9.88 Å². The molecule has 2 aromatic carbocycles. The van der Waals surface area contributed by atoms with Gasteiger partial charge in [-0.05, 0) is 23.6 Å². The molecule has 1 atom stereocenters. The summed E-state index contributed by atoms with van der Waals surface area (Å²) in [7, 11) is 1.34. The molecular formula is C23H23N3O3S. The van der Waals surface area contributed by atoms with E-state index in [0.29, 0.717) is 24.7 Å². The van der Waals surface area contributed by atoms with Gasteiger partial charge in [0.15, 0.2) is 5.17 Å². The Morgan fingerprint density at radius 1 is 1.17 bits per heavy atom. The lowest BCUT2D eigenvalue weighted by atomic mass is 10.1. The Hall–Kier alpha value is -3.06. The molecule has 154 valence electrons. The molecule has 1 unspecified atom stereocenters. The minimum Gasteiger partial charge on any atom is -0.469 e. The number of ether oxygens (including phenoxy) is 1. The number of hydrogen-bond acceptors (Lipinski definition) is 5. The third-order valence-corrected chi connectivity index (χ3v) is 6.33. The first-order valence-electron chi connectivity index (χ1n) is 9.84. The molecule has 1 N–H and O–H groups in total. The number of thioether (sulfide) groups is 1. The summed E-state index contributed by atoms with van der Waals surface area (Å²) in [5.41, 5.74) is 3.31. The monoisotopic (exact) mass is 421 g/mol. The molecule has 1 fully saturated rings. The van der Waals surface area contributed by atoms with Crippen molar-refractivity contribution in [3.8, 4) is 0 Å². The number of methoxy groups -OCH3 is 1. The number of esters is 1. The molecule has 30 heavy (non-hydrogen) atoms. The Labute approximate surface area is 179 Å². The summed E-state index contributed by atoms with van der Waals surface area (Å²) in [6, 6.07) is 18.0. The van der Waals surface area contributed by atoms with Crippen LogP contribution in [0.15, 0.2) is 65.8 Å². The second-order valence-corrected chi connectivity index (χ2v) is 8.24. The number of nitrogens with zero attached hydrogens (tertiary/aromatic N) is 2. The van der Waals surface area contributed by atoms with Crippen LogP contribution in [-0.4, -0.2) is 45.8 Å². The lowest BCUT2D eigenvalue weighted by molar-refractivity contribution is -0.142. The van der Waals surface area contributed by atoms with Crippen molar-refractivity contribution in [2.24, 2.45) is 4.99 Å². The molecule has 0 aliphatic carbocycles. The number of para-hydroxylation sites is 1. The number of hydrogen-bond donors (Lipinski definition) is 1. The van der Waals surface area contributed by atoms with Crippen LogP contribution in [0.1, 0.15) is 17.5 Å². The van der Waals surface area contributed by atoms with Crippen molar-refractivity contribution in [2.75, 3.05) is 13.7 Å². The summed E-state index contributed by atoms with van der Waals surface area (Å²) in [5, 5.41) is 1.33. The standard InChI is InChI=1S/C23H23N3O3S/c1-29-21(27)13-20-22(28)26(23(30-20)25-14-16-7-3-2-4-8-16)12-11-17-15-24-19-10-6-5-9-18(17)19/h2-10,15,20,24H,11-14H2,1H3. The molecule has 4 rings (SSSR count). The van der Waals surface area contributed by atoms with Gasteiger partial charge < -0.3 is 9.72 Å². The second-order valence-electron chi connectivity index (χ2n) is 7.07. The number of benzene rings is 2. The van der Waals surface area contributed by atoms with Gasteiger partial charge in [0, 0.05) is 23.6 Å². The molecule has 1 saturated heterocycles. The number of aliphatic imine (C=N–C) groups is 1. The second kappa shape index (κ2) is 9.17. The zero-order valence-electron chi connectivity index (χ0n) is 16.7. The zero-order valence-corrected chi connectivity index (χ0v) is 17.5. The van der Waals surface area contributed by atoms with Gasteiger partial charge in [0.25, 0.3) is 0 Å².